The topological polar surface area (TPSA) is 114 Å². The Bertz CT molecular complexity index is 1330. The van der Waals surface area contributed by atoms with Crippen LogP contribution < -0.4 is 15.4 Å². The van der Waals surface area contributed by atoms with Gasteiger partial charge >= 0.3 is 12.1 Å². The maximum absolute atomic E-state index is 14.2. The Labute approximate surface area is 211 Å². The van der Waals surface area contributed by atoms with Crippen LogP contribution in [0.15, 0.2) is 60.6 Å². The van der Waals surface area contributed by atoms with E-state index in [0.717, 1.165) is 47.6 Å². The van der Waals surface area contributed by atoms with Gasteiger partial charge in [0, 0.05) is 35.6 Å². The highest BCUT2D eigenvalue weighted by Gasteiger charge is 2.38. The number of nitrogens with one attached hydrogen (secondary N) is 2. The highest BCUT2D eigenvalue weighted by atomic mass is 32.1. The molecule has 0 bridgehead atoms. The Morgan fingerprint density at radius 3 is 2.73 bits per heavy atom. The maximum Gasteiger partial charge on any atom is 0.490 e. The summed E-state index contributed by atoms with van der Waals surface area (Å²) in [6, 6.07) is 10.0. The summed E-state index contributed by atoms with van der Waals surface area (Å²) >= 11 is 1.66. The molecule has 0 radical (unpaired) electrons. The van der Waals surface area contributed by atoms with E-state index in [1.165, 1.54) is 10.9 Å². The SMILES string of the molecule is Fc1cnc(Nc2cc(OC3CCNC3)cc(-c3cccs3)c2)nc1-n1ccnc1.O=C(O)C(F)(F)F. The fraction of sp³-hybridized carbons (Fsp3) is 0.217. The zero-order chi connectivity index (χ0) is 26.4. The monoisotopic (exact) mass is 536 g/mol. The fourth-order valence-electron chi connectivity index (χ4n) is 3.36. The molecular formula is C23H20F4N6O3S. The normalized spacial score (nSPS) is 15.1. The smallest absolute Gasteiger partial charge is 0.489 e. The van der Waals surface area contributed by atoms with Gasteiger partial charge in [-0.1, -0.05) is 6.07 Å². The predicted octanol–water partition coefficient (Wildman–Crippen LogP) is 4.65. The summed E-state index contributed by atoms with van der Waals surface area (Å²) in [5, 5.41) is 15.7. The molecule has 1 fully saturated rings. The number of anilines is 2. The summed E-state index contributed by atoms with van der Waals surface area (Å²) < 4.78 is 53.6. The lowest BCUT2D eigenvalue weighted by Gasteiger charge is -2.15. The van der Waals surface area contributed by atoms with E-state index in [1.54, 1.807) is 23.7 Å². The lowest BCUT2D eigenvalue weighted by molar-refractivity contribution is -0.192. The van der Waals surface area contributed by atoms with Gasteiger partial charge in [0.2, 0.25) is 5.95 Å². The minimum atomic E-state index is -5.08. The van der Waals surface area contributed by atoms with Gasteiger partial charge in [-0.2, -0.15) is 18.2 Å². The number of aliphatic carboxylic acids is 1. The van der Waals surface area contributed by atoms with Gasteiger partial charge in [0.1, 0.15) is 18.2 Å². The Morgan fingerprint density at radius 1 is 1.30 bits per heavy atom. The van der Waals surface area contributed by atoms with Crippen LogP contribution in [0.25, 0.3) is 16.3 Å². The standard InChI is InChI=1S/C21H19FN6OS.C2HF3O2/c22-18-12-25-21(27-20(18)28-6-5-24-13-28)26-15-8-14(19-2-1-7-30-19)9-17(10-15)29-16-3-4-23-11-16;3-2(4,5)1(6)7/h1-2,5-10,12-13,16,23H,3-4,11H2,(H,25,26,27);(H,6,7). The number of carbonyl (C=O) groups is 1. The highest BCUT2D eigenvalue weighted by molar-refractivity contribution is 7.13. The number of aromatic nitrogens is 4. The molecule has 1 saturated heterocycles. The lowest BCUT2D eigenvalue weighted by atomic mass is 10.1. The average molecular weight is 537 g/mol. The first-order valence-electron chi connectivity index (χ1n) is 10.8. The van der Waals surface area contributed by atoms with Gasteiger partial charge in [-0.25, -0.2) is 19.2 Å². The molecule has 1 unspecified atom stereocenters. The summed E-state index contributed by atoms with van der Waals surface area (Å²) in [6.07, 6.45) is 1.88. The molecule has 9 nitrogen and oxygen atoms in total. The molecule has 5 rings (SSSR count). The van der Waals surface area contributed by atoms with Crippen molar-refractivity contribution in [3.05, 3.63) is 66.4 Å². The summed E-state index contributed by atoms with van der Waals surface area (Å²) in [4.78, 5) is 22.4. The van der Waals surface area contributed by atoms with Crippen LogP contribution in [0.5, 0.6) is 5.75 Å². The highest BCUT2D eigenvalue weighted by Crippen LogP contribution is 2.33. The molecule has 0 amide bonds. The molecule has 4 aromatic rings. The van der Waals surface area contributed by atoms with E-state index in [1.807, 2.05) is 29.6 Å². The molecule has 3 N–H and O–H groups in total. The first kappa shape index (κ1) is 26.0. The van der Waals surface area contributed by atoms with E-state index >= 15 is 0 Å². The molecule has 4 heterocycles. The molecule has 37 heavy (non-hydrogen) atoms. The number of carboxylic acids is 1. The minimum absolute atomic E-state index is 0.132. The number of nitrogens with zero attached hydrogens (tertiary/aromatic N) is 4. The van der Waals surface area contributed by atoms with Crippen LogP contribution in [0.4, 0.5) is 29.2 Å². The van der Waals surface area contributed by atoms with Crippen molar-refractivity contribution in [1.29, 1.82) is 0 Å². The number of benzene rings is 1. The van der Waals surface area contributed by atoms with Gasteiger partial charge in [0.15, 0.2) is 11.6 Å². The first-order valence-corrected chi connectivity index (χ1v) is 11.7. The maximum atomic E-state index is 14.2. The second-order valence-corrected chi connectivity index (χ2v) is 8.67. The molecule has 3 aromatic heterocycles. The molecular weight excluding hydrogens is 516 g/mol. The van der Waals surface area contributed by atoms with E-state index in [-0.39, 0.29) is 17.9 Å². The number of hydrogen-bond donors (Lipinski definition) is 3. The molecule has 1 aliphatic heterocycles. The fourth-order valence-corrected chi connectivity index (χ4v) is 4.07. The van der Waals surface area contributed by atoms with Gasteiger partial charge in [-0.3, -0.25) is 4.57 Å². The van der Waals surface area contributed by atoms with E-state index < -0.39 is 18.0 Å². The number of rotatable bonds is 6. The summed E-state index contributed by atoms with van der Waals surface area (Å²) in [5.74, 6) is -2.09. The molecule has 0 spiro atoms. The van der Waals surface area contributed by atoms with Gasteiger partial charge in [-0.05, 0) is 42.1 Å². The summed E-state index contributed by atoms with van der Waals surface area (Å²) in [5.41, 5.74) is 1.80. The van der Waals surface area contributed by atoms with Gasteiger partial charge in [0.25, 0.3) is 0 Å². The Hall–Kier alpha value is -4.04. The van der Waals surface area contributed by atoms with Crippen molar-refractivity contribution in [2.75, 3.05) is 18.4 Å². The minimum Gasteiger partial charge on any atom is -0.489 e. The lowest BCUT2D eigenvalue weighted by Crippen LogP contribution is -2.21. The second-order valence-electron chi connectivity index (χ2n) is 7.72. The van der Waals surface area contributed by atoms with Crippen molar-refractivity contribution in [3.8, 4) is 22.0 Å². The van der Waals surface area contributed by atoms with Crippen LogP contribution in [0.3, 0.4) is 0 Å². The molecule has 194 valence electrons. The van der Waals surface area contributed by atoms with Crippen LogP contribution in [-0.4, -0.2) is 56.0 Å². The Kier molecular flexibility index (Phi) is 7.98. The predicted molar refractivity (Wildman–Crippen MR) is 128 cm³/mol. The van der Waals surface area contributed by atoms with Crippen molar-refractivity contribution < 1.29 is 32.2 Å². The van der Waals surface area contributed by atoms with Crippen LogP contribution in [0.1, 0.15) is 6.42 Å². The Balaban J connectivity index is 0.000000405. The summed E-state index contributed by atoms with van der Waals surface area (Å²) in [6.45, 7) is 1.79. The van der Waals surface area contributed by atoms with Gasteiger partial charge in [0.05, 0.1) is 6.20 Å². The number of carboxylic acid groups (broad SMARTS) is 1. The number of thiophene rings is 1. The van der Waals surface area contributed by atoms with E-state index in [2.05, 4.69) is 31.7 Å². The van der Waals surface area contributed by atoms with Crippen molar-refractivity contribution in [2.45, 2.75) is 18.7 Å². The van der Waals surface area contributed by atoms with E-state index in [4.69, 9.17) is 14.6 Å². The number of imidazole rings is 1. The van der Waals surface area contributed by atoms with Crippen LogP contribution in [0, 0.1) is 5.82 Å². The third-order valence-corrected chi connectivity index (χ3v) is 5.92. The number of ether oxygens (including phenoxy) is 1. The number of alkyl halides is 3. The van der Waals surface area contributed by atoms with Crippen LogP contribution in [0.2, 0.25) is 0 Å². The zero-order valence-electron chi connectivity index (χ0n) is 18.9. The molecule has 0 saturated carbocycles. The van der Waals surface area contributed by atoms with Crippen LogP contribution in [-0.2, 0) is 4.79 Å². The van der Waals surface area contributed by atoms with E-state index in [9.17, 15) is 17.6 Å². The van der Waals surface area contributed by atoms with Gasteiger partial charge < -0.3 is 20.5 Å². The van der Waals surface area contributed by atoms with E-state index in [0.29, 0.717) is 0 Å². The zero-order valence-corrected chi connectivity index (χ0v) is 19.8. The quantitative estimate of drug-likeness (QED) is 0.305. The third kappa shape index (κ3) is 7.01. The third-order valence-electron chi connectivity index (χ3n) is 5.00. The summed E-state index contributed by atoms with van der Waals surface area (Å²) in [7, 11) is 0. The average Bonchev–Trinajstić information content (AvgIpc) is 3.63. The number of hydrogen-bond acceptors (Lipinski definition) is 8. The largest absolute Gasteiger partial charge is 0.490 e. The number of halogens is 4. The van der Waals surface area contributed by atoms with Gasteiger partial charge in [-0.15, -0.1) is 11.3 Å². The molecule has 1 atom stereocenters. The van der Waals surface area contributed by atoms with Crippen LogP contribution >= 0.6 is 11.3 Å². The second kappa shape index (κ2) is 11.3. The first-order chi connectivity index (χ1) is 17.7. The van der Waals surface area contributed by atoms with Crippen molar-refractivity contribution in [2.24, 2.45) is 0 Å². The van der Waals surface area contributed by atoms with Crippen molar-refractivity contribution in [1.82, 2.24) is 24.8 Å². The molecule has 1 aromatic carbocycles. The van der Waals surface area contributed by atoms with Crippen molar-refractivity contribution >= 4 is 28.9 Å². The molecule has 14 heteroatoms. The molecule has 1 aliphatic rings. The van der Waals surface area contributed by atoms with Crippen molar-refractivity contribution in [3.63, 3.8) is 0 Å². The Morgan fingerprint density at radius 2 is 2.11 bits per heavy atom. The molecule has 0 aliphatic carbocycles.